The Morgan fingerprint density at radius 2 is 2.06 bits per heavy atom. The third-order valence-corrected chi connectivity index (χ3v) is 6.66. The highest BCUT2D eigenvalue weighted by atomic mass is 32.2. The van der Waals surface area contributed by atoms with Crippen LogP contribution < -0.4 is 9.47 Å². The zero-order valence-electron chi connectivity index (χ0n) is 18.1. The van der Waals surface area contributed by atoms with Crippen molar-refractivity contribution >= 4 is 51.9 Å². The molecule has 2 aromatic carbocycles. The Morgan fingerprint density at radius 3 is 2.71 bits per heavy atom. The van der Waals surface area contributed by atoms with Gasteiger partial charge >= 0.3 is 5.97 Å². The molecule has 34 heavy (non-hydrogen) atoms. The van der Waals surface area contributed by atoms with Crippen LogP contribution in [0.3, 0.4) is 0 Å². The Kier molecular flexibility index (Phi) is 7.25. The number of hydrogen-bond acceptors (Lipinski definition) is 9. The summed E-state index contributed by atoms with van der Waals surface area (Å²) in [4.78, 5) is 37.6. The van der Waals surface area contributed by atoms with E-state index in [4.69, 9.17) is 26.4 Å². The Hall–Kier alpha value is -3.28. The fourth-order valence-corrected chi connectivity index (χ4v) is 4.81. The van der Waals surface area contributed by atoms with E-state index in [0.29, 0.717) is 33.7 Å². The first-order valence-electron chi connectivity index (χ1n) is 10.4. The number of nitro benzene ring substituents is 1. The number of thioether (sulfide) groups is 1. The second-order valence-electron chi connectivity index (χ2n) is 7.53. The van der Waals surface area contributed by atoms with Crippen molar-refractivity contribution in [3.63, 3.8) is 0 Å². The van der Waals surface area contributed by atoms with Crippen LogP contribution in [0.5, 0.6) is 11.5 Å². The van der Waals surface area contributed by atoms with Crippen molar-refractivity contribution in [3.05, 3.63) is 68.6 Å². The van der Waals surface area contributed by atoms with Crippen LogP contribution in [0.25, 0.3) is 6.08 Å². The lowest BCUT2D eigenvalue weighted by molar-refractivity contribution is -0.384. The first-order valence-corrected chi connectivity index (χ1v) is 11.6. The molecule has 0 spiro atoms. The minimum atomic E-state index is -0.684. The molecule has 0 N–H and O–H groups in total. The van der Waals surface area contributed by atoms with E-state index in [2.05, 4.69) is 0 Å². The molecule has 2 aliphatic heterocycles. The number of nitrogens with zero attached hydrogens (tertiary/aromatic N) is 2. The van der Waals surface area contributed by atoms with Crippen LogP contribution in [0.4, 0.5) is 5.69 Å². The van der Waals surface area contributed by atoms with Crippen molar-refractivity contribution < 1.29 is 28.7 Å². The first-order chi connectivity index (χ1) is 16.4. The van der Waals surface area contributed by atoms with Crippen molar-refractivity contribution in [2.75, 3.05) is 20.3 Å². The zero-order valence-corrected chi connectivity index (χ0v) is 19.7. The summed E-state index contributed by atoms with van der Waals surface area (Å²) < 4.78 is 16.9. The van der Waals surface area contributed by atoms with Crippen LogP contribution in [0.15, 0.2) is 47.4 Å². The number of thiocarbonyl (C=S) groups is 1. The van der Waals surface area contributed by atoms with Gasteiger partial charge in [-0.25, -0.2) is 4.79 Å². The van der Waals surface area contributed by atoms with Crippen LogP contribution in [0, 0.1) is 10.1 Å². The van der Waals surface area contributed by atoms with Gasteiger partial charge in [0.2, 0.25) is 0 Å². The molecule has 2 fully saturated rings. The summed E-state index contributed by atoms with van der Waals surface area (Å²) in [7, 11) is 1.43. The lowest BCUT2D eigenvalue weighted by atomic mass is 10.1. The largest absolute Gasteiger partial charge is 0.493 e. The molecule has 0 aromatic heterocycles. The summed E-state index contributed by atoms with van der Waals surface area (Å²) in [6.07, 6.45) is 3.61. The van der Waals surface area contributed by atoms with Gasteiger partial charge in [-0.05, 0) is 48.7 Å². The van der Waals surface area contributed by atoms with E-state index in [1.165, 1.54) is 43.1 Å². The van der Waals surface area contributed by atoms with Gasteiger partial charge in [-0.2, -0.15) is 0 Å². The smallest absolute Gasteiger partial charge is 0.343 e. The van der Waals surface area contributed by atoms with Gasteiger partial charge < -0.3 is 14.2 Å². The van der Waals surface area contributed by atoms with E-state index >= 15 is 0 Å². The second-order valence-corrected chi connectivity index (χ2v) is 9.21. The molecule has 2 aromatic rings. The van der Waals surface area contributed by atoms with Gasteiger partial charge in [-0.3, -0.25) is 19.8 Å². The summed E-state index contributed by atoms with van der Waals surface area (Å²) in [5.74, 6) is -0.387. The van der Waals surface area contributed by atoms with Crippen molar-refractivity contribution in [2.24, 2.45) is 0 Å². The van der Waals surface area contributed by atoms with E-state index in [-0.39, 0.29) is 29.0 Å². The predicted molar refractivity (Wildman–Crippen MR) is 130 cm³/mol. The monoisotopic (exact) mass is 500 g/mol. The highest BCUT2D eigenvalue weighted by molar-refractivity contribution is 8.26. The van der Waals surface area contributed by atoms with Crippen LogP contribution in [0.1, 0.15) is 28.8 Å². The SMILES string of the molecule is COc1cc(/C=C2\SC(=S)N(C[C@@H]3CCCO3)C2=O)ccc1OC(=O)c1ccc([N+](=O)[O-])cc1. The second kappa shape index (κ2) is 10.3. The quantitative estimate of drug-likeness (QED) is 0.138. The molecule has 1 amide bonds. The molecule has 2 saturated heterocycles. The molecule has 9 nitrogen and oxygen atoms in total. The fraction of sp³-hybridized carbons (Fsp3) is 0.261. The molecule has 0 bridgehead atoms. The maximum atomic E-state index is 12.8. The number of methoxy groups -OCH3 is 1. The van der Waals surface area contributed by atoms with Gasteiger partial charge in [0.25, 0.3) is 11.6 Å². The molecule has 11 heteroatoms. The van der Waals surface area contributed by atoms with Crippen LogP contribution in [-0.4, -0.2) is 52.4 Å². The number of amides is 1. The summed E-state index contributed by atoms with van der Waals surface area (Å²) in [5.41, 5.74) is 0.705. The molecule has 0 unspecified atom stereocenters. The molecule has 2 heterocycles. The average molecular weight is 501 g/mol. The number of hydrogen-bond donors (Lipinski definition) is 0. The number of non-ortho nitro benzene ring substituents is 1. The molecule has 0 aliphatic carbocycles. The summed E-state index contributed by atoms with van der Waals surface area (Å²) in [5, 5.41) is 10.8. The van der Waals surface area contributed by atoms with Crippen LogP contribution >= 0.6 is 24.0 Å². The number of carbonyl (C=O) groups is 2. The molecule has 0 radical (unpaired) electrons. The van der Waals surface area contributed by atoms with Crippen LogP contribution in [0.2, 0.25) is 0 Å². The maximum Gasteiger partial charge on any atom is 0.343 e. The number of carbonyl (C=O) groups excluding carboxylic acids is 2. The van der Waals surface area contributed by atoms with E-state index in [1.807, 2.05) is 0 Å². The van der Waals surface area contributed by atoms with E-state index in [9.17, 15) is 19.7 Å². The minimum Gasteiger partial charge on any atom is -0.493 e. The number of benzene rings is 2. The highest BCUT2D eigenvalue weighted by Crippen LogP contribution is 2.35. The Bertz CT molecular complexity index is 1170. The number of ether oxygens (including phenoxy) is 3. The molecule has 1 atom stereocenters. The molecule has 2 aliphatic rings. The molecule has 0 saturated carbocycles. The van der Waals surface area contributed by atoms with Gasteiger partial charge in [0.1, 0.15) is 4.32 Å². The van der Waals surface area contributed by atoms with Crippen LogP contribution in [-0.2, 0) is 9.53 Å². The molecular weight excluding hydrogens is 480 g/mol. The van der Waals surface area contributed by atoms with E-state index in [0.717, 1.165) is 12.8 Å². The standard InChI is InChI=1S/C23H20N2O7S2/c1-30-19-11-14(12-20-21(26)24(23(33)34-20)13-17-3-2-10-31-17)4-9-18(19)32-22(27)15-5-7-16(8-6-15)25(28)29/h4-9,11-12,17H,2-3,10,13H2,1H3/b20-12-/t17-/m0/s1. The predicted octanol–water partition coefficient (Wildman–Crippen LogP) is 4.20. The zero-order chi connectivity index (χ0) is 24.2. The summed E-state index contributed by atoms with van der Waals surface area (Å²) in [6, 6.07) is 9.98. The van der Waals surface area contributed by atoms with Crippen molar-refractivity contribution in [1.82, 2.24) is 4.90 Å². The van der Waals surface area contributed by atoms with Gasteiger partial charge in [0.05, 0.1) is 35.2 Å². The number of esters is 1. The molecule has 4 rings (SSSR count). The normalized spacial score (nSPS) is 19.0. The van der Waals surface area contributed by atoms with Crippen molar-refractivity contribution in [3.8, 4) is 11.5 Å². The van der Waals surface area contributed by atoms with E-state index in [1.54, 1.807) is 29.2 Å². The lowest BCUT2D eigenvalue weighted by Gasteiger charge is -2.18. The van der Waals surface area contributed by atoms with Crippen molar-refractivity contribution in [1.29, 1.82) is 0 Å². The Balaban J connectivity index is 1.48. The topological polar surface area (TPSA) is 108 Å². The number of nitro groups is 1. The molecule has 176 valence electrons. The maximum absolute atomic E-state index is 12.8. The fourth-order valence-electron chi connectivity index (χ4n) is 3.54. The van der Waals surface area contributed by atoms with E-state index < -0.39 is 10.9 Å². The third kappa shape index (κ3) is 5.27. The minimum absolute atomic E-state index is 0.00617. The van der Waals surface area contributed by atoms with Crippen molar-refractivity contribution in [2.45, 2.75) is 18.9 Å². The number of rotatable bonds is 7. The Labute approximate surface area is 204 Å². The summed E-state index contributed by atoms with van der Waals surface area (Å²) in [6.45, 7) is 1.15. The summed E-state index contributed by atoms with van der Waals surface area (Å²) >= 11 is 6.61. The van der Waals surface area contributed by atoms with Gasteiger partial charge in [-0.15, -0.1) is 0 Å². The first kappa shape index (κ1) is 23.9. The lowest BCUT2D eigenvalue weighted by Crippen LogP contribution is -2.35. The highest BCUT2D eigenvalue weighted by Gasteiger charge is 2.34. The Morgan fingerprint density at radius 1 is 1.29 bits per heavy atom. The average Bonchev–Trinajstić information content (AvgIpc) is 3.44. The van der Waals surface area contributed by atoms with Gasteiger partial charge in [0.15, 0.2) is 11.5 Å². The van der Waals surface area contributed by atoms with Gasteiger partial charge in [-0.1, -0.05) is 30.0 Å². The van der Waals surface area contributed by atoms with Gasteiger partial charge in [0, 0.05) is 18.7 Å². The molecular formula is C23H20N2O7S2. The third-order valence-electron chi connectivity index (χ3n) is 5.29.